The molecule has 1 atom stereocenters. The predicted molar refractivity (Wildman–Crippen MR) is 95.1 cm³/mol. The van der Waals surface area contributed by atoms with E-state index in [0.717, 1.165) is 40.8 Å². The Morgan fingerprint density at radius 2 is 2.26 bits per heavy atom. The first-order valence-corrected chi connectivity index (χ1v) is 8.76. The Kier molecular flexibility index (Phi) is 3.73. The van der Waals surface area contributed by atoms with Gasteiger partial charge in [0.05, 0.1) is 11.1 Å². The lowest BCUT2D eigenvalue weighted by Crippen LogP contribution is -2.07. The molecule has 0 saturated heterocycles. The number of aryl methyl sites for hydroxylation is 1. The van der Waals surface area contributed by atoms with Gasteiger partial charge in [-0.05, 0) is 41.8 Å². The van der Waals surface area contributed by atoms with Gasteiger partial charge in [0.2, 0.25) is 5.28 Å². The minimum atomic E-state index is 0.143. The number of hydrogen-bond donors (Lipinski definition) is 1. The Morgan fingerprint density at radius 1 is 1.39 bits per heavy atom. The third-order valence-electron chi connectivity index (χ3n) is 4.10. The molecule has 1 unspecified atom stereocenters. The number of nitrogens with one attached hydrogen (secondary N) is 1. The molecular weight excluding hydrogens is 378 g/mol. The molecule has 1 aliphatic heterocycles. The smallest absolute Gasteiger partial charge is 0.224 e. The summed E-state index contributed by atoms with van der Waals surface area (Å²) in [5.41, 5.74) is 3.96. The lowest BCUT2D eigenvalue weighted by Gasteiger charge is -2.11. The summed E-state index contributed by atoms with van der Waals surface area (Å²) >= 11 is 9.70. The summed E-state index contributed by atoms with van der Waals surface area (Å²) in [4.78, 5) is 8.81. The second-order valence-electron chi connectivity index (χ2n) is 5.67. The number of rotatable bonds is 3. The zero-order valence-corrected chi connectivity index (χ0v) is 14.9. The van der Waals surface area contributed by atoms with Gasteiger partial charge in [-0.1, -0.05) is 22.9 Å². The van der Waals surface area contributed by atoms with Crippen molar-refractivity contribution in [3.05, 3.63) is 45.4 Å². The highest BCUT2D eigenvalue weighted by Crippen LogP contribution is 2.39. The molecule has 0 fully saturated rings. The average molecular weight is 393 g/mol. The molecule has 5 nitrogen and oxygen atoms in total. The molecule has 118 valence electrons. The van der Waals surface area contributed by atoms with Crippen LogP contribution in [0.2, 0.25) is 5.28 Å². The summed E-state index contributed by atoms with van der Waals surface area (Å²) in [5.74, 6) is 0.143. The molecule has 0 aliphatic carbocycles. The van der Waals surface area contributed by atoms with Crippen LogP contribution in [0.1, 0.15) is 30.5 Å². The van der Waals surface area contributed by atoms with Gasteiger partial charge in [0.25, 0.3) is 0 Å². The molecule has 23 heavy (non-hydrogen) atoms. The molecular formula is C16H15BrClN5. The van der Waals surface area contributed by atoms with Crippen LogP contribution in [0.4, 0.5) is 5.69 Å². The fraction of sp³-hybridized carbons (Fsp3) is 0.312. The number of anilines is 1. The number of halogens is 2. The van der Waals surface area contributed by atoms with E-state index >= 15 is 0 Å². The summed E-state index contributed by atoms with van der Waals surface area (Å²) in [6.07, 6.45) is 3.05. The van der Waals surface area contributed by atoms with E-state index in [9.17, 15) is 0 Å². The predicted octanol–water partition coefficient (Wildman–Crippen LogP) is 4.21. The van der Waals surface area contributed by atoms with Crippen molar-refractivity contribution in [2.75, 3.05) is 11.9 Å². The Morgan fingerprint density at radius 3 is 3.09 bits per heavy atom. The van der Waals surface area contributed by atoms with Gasteiger partial charge in [0, 0.05) is 35.4 Å². The number of benzene rings is 1. The van der Waals surface area contributed by atoms with Crippen LogP contribution in [-0.2, 0) is 6.54 Å². The molecule has 3 heterocycles. The third kappa shape index (κ3) is 2.60. The monoisotopic (exact) mass is 391 g/mol. The first-order chi connectivity index (χ1) is 11.2. The summed E-state index contributed by atoms with van der Waals surface area (Å²) in [6.45, 7) is 3.78. The van der Waals surface area contributed by atoms with E-state index < -0.39 is 0 Å². The Hall–Kier alpha value is -1.66. The van der Waals surface area contributed by atoms with Crippen LogP contribution in [0.3, 0.4) is 0 Å². The topological polar surface area (TPSA) is 55.6 Å². The van der Waals surface area contributed by atoms with Crippen molar-refractivity contribution in [2.24, 2.45) is 0 Å². The summed E-state index contributed by atoms with van der Waals surface area (Å²) < 4.78 is 2.98. The SMILES string of the molecule is CCCn1cc2c(C3CNc4ccc(Br)cc43)nc(Cl)nc2n1. The molecule has 0 bridgehead atoms. The van der Waals surface area contributed by atoms with Gasteiger partial charge in [-0.15, -0.1) is 0 Å². The second-order valence-corrected chi connectivity index (χ2v) is 6.93. The Balaban J connectivity index is 1.88. The Bertz CT molecular complexity index is 892. The van der Waals surface area contributed by atoms with Crippen LogP contribution < -0.4 is 5.32 Å². The quantitative estimate of drug-likeness (QED) is 0.678. The van der Waals surface area contributed by atoms with Gasteiger partial charge in [0.15, 0.2) is 5.65 Å². The van der Waals surface area contributed by atoms with Crippen molar-refractivity contribution >= 4 is 44.3 Å². The van der Waals surface area contributed by atoms with Gasteiger partial charge in [0.1, 0.15) is 0 Å². The van der Waals surface area contributed by atoms with E-state index in [4.69, 9.17) is 11.6 Å². The molecule has 3 aromatic rings. The lowest BCUT2D eigenvalue weighted by molar-refractivity contribution is 0.607. The minimum Gasteiger partial charge on any atom is -0.384 e. The van der Waals surface area contributed by atoms with Crippen molar-refractivity contribution in [3.8, 4) is 0 Å². The number of hydrogen-bond acceptors (Lipinski definition) is 4. The summed E-state index contributed by atoms with van der Waals surface area (Å²) in [5, 5.41) is 9.18. The molecule has 7 heteroatoms. The lowest BCUT2D eigenvalue weighted by atomic mass is 9.96. The average Bonchev–Trinajstić information content (AvgIpc) is 3.10. The van der Waals surface area contributed by atoms with E-state index in [-0.39, 0.29) is 11.2 Å². The van der Waals surface area contributed by atoms with E-state index in [0.29, 0.717) is 5.65 Å². The van der Waals surface area contributed by atoms with E-state index in [2.05, 4.69) is 55.4 Å². The number of aromatic nitrogens is 4. The molecule has 0 saturated carbocycles. The van der Waals surface area contributed by atoms with Crippen LogP contribution in [0.25, 0.3) is 11.0 Å². The van der Waals surface area contributed by atoms with E-state index in [1.54, 1.807) is 0 Å². The van der Waals surface area contributed by atoms with Crippen LogP contribution in [-0.4, -0.2) is 26.3 Å². The van der Waals surface area contributed by atoms with Crippen molar-refractivity contribution in [1.29, 1.82) is 0 Å². The molecule has 4 rings (SSSR count). The summed E-state index contributed by atoms with van der Waals surface area (Å²) in [7, 11) is 0. The molecule has 1 N–H and O–H groups in total. The second kappa shape index (κ2) is 5.76. The van der Waals surface area contributed by atoms with Gasteiger partial charge in [-0.3, -0.25) is 4.68 Å². The molecule has 2 aromatic heterocycles. The fourth-order valence-electron chi connectivity index (χ4n) is 3.10. The highest BCUT2D eigenvalue weighted by Gasteiger charge is 2.28. The Labute approximate surface area is 147 Å². The molecule has 0 radical (unpaired) electrons. The fourth-order valence-corrected chi connectivity index (χ4v) is 3.65. The highest BCUT2D eigenvalue weighted by molar-refractivity contribution is 9.10. The first-order valence-electron chi connectivity index (χ1n) is 7.59. The van der Waals surface area contributed by atoms with Crippen LogP contribution in [0, 0.1) is 0 Å². The normalized spacial score (nSPS) is 16.6. The maximum Gasteiger partial charge on any atom is 0.224 e. The van der Waals surface area contributed by atoms with Crippen LogP contribution in [0.5, 0.6) is 0 Å². The van der Waals surface area contributed by atoms with Crippen molar-refractivity contribution in [3.63, 3.8) is 0 Å². The van der Waals surface area contributed by atoms with Crippen molar-refractivity contribution in [2.45, 2.75) is 25.8 Å². The molecule has 1 aliphatic rings. The molecule has 0 spiro atoms. The van der Waals surface area contributed by atoms with Gasteiger partial charge in [-0.2, -0.15) is 10.1 Å². The zero-order valence-electron chi connectivity index (χ0n) is 12.6. The van der Waals surface area contributed by atoms with Gasteiger partial charge in [-0.25, -0.2) is 4.98 Å². The van der Waals surface area contributed by atoms with E-state index in [1.165, 1.54) is 5.56 Å². The van der Waals surface area contributed by atoms with Crippen molar-refractivity contribution in [1.82, 2.24) is 19.7 Å². The number of fused-ring (bicyclic) bond motifs is 2. The highest BCUT2D eigenvalue weighted by atomic mass is 79.9. The molecule has 0 amide bonds. The van der Waals surface area contributed by atoms with Crippen molar-refractivity contribution < 1.29 is 0 Å². The van der Waals surface area contributed by atoms with Gasteiger partial charge >= 0.3 is 0 Å². The maximum absolute atomic E-state index is 6.15. The maximum atomic E-state index is 6.15. The standard InChI is InChI=1S/C16H15BrClN5/c1-2-5-23-8-12-14(20-16(18)21-15(12)22-23)11-7-19-13-4-3-9(17)6-10(11)13/h3-4,6,8,11,19H,2,5,7H2,1H3. The van der Waals surface area contributed by atoms with Gasteiger partial charge < -0.3 is 5.32 Å². The van der Waals surface area contributed by atoms with E-state index in [1.807, 2.05) is 16.9 Å². The summed E-state index contributed by atoms with van der Waals surface area (Å²) in [6, 6.07) is 6.26. The van der Waals surface area contributed by atoms with Crippen LogP contribution in [0.15, 0.2) is 28.9 Å². The number of nitrogens with zero attached hydrogens (tertiary/aromatic N) is 4. The largest absolute Gasteiger partial charge is 0.384 e. The van der Waals surface area contributed by atoms with Crippen LogP contribution >= 0.6 is 27.5 Å². The third-order valence-corrected chi connectivity index (χ3v) is 4.76. The minimum absolute atomic E-state index is 0.143. The molecule has 1 aromatic carbocycles. The zero-order chi connectivity index (χ0) is 16.0. The first kappa shape index (κ1) is 14.9.